The maximum Gasteiger partial charge on any atom is 0.126 e. The summed E-state index contributed by atoms with van der Waals surface area (Å²) in [4.78, 5) is 12.1. The normalized spacial score (nSPS) is 25.1. The van der Waals surface area contributed by atoms with Gasteiger partial charge in [0.05, 0.1) is 0 Å². The summed E-state index contributed by atoms with van der Waals surface area (Å²) in [6, 6.07) is 18.9. The summed E-state index contributed by atoms with van der Waals surface area (Å²) >= 11 is 0. The lowest BCUT2D eigenvalue weighted by Crippen LogP contribution is -2.28. The molecular formula is C39H58O. The fraction of sp³-hybridized carbons (Fsp3) is 0.667. The van der Waals surface area contributed by atoms with E-state index in [1.165, 1.54) is 119 Å². The Bertz CT molecular complexity index is 955. The van der Waals surface area contributed by atoms with Gasteiger partial charge in [0.1, 0.15) is 6.29 Å². The Labute approximate surface area is 246 Å². The second-order valence-electron chi connectivity index (χ2n) is 13.6. The molecule has 2 aliphatic rings. The molecule has 0 heterocycles. The van der Waals surface area contributed by atoms with Crippen molar-refractivity contribution in [1.29, 1.82) is 0 Å². The van der Waals surface area contributed by atoms with E-state index >= 15 is 0 Å². The van der Waals surface area contributed by atoms with Gasteiger partial charge in [-0.15, -0.1) is 0 Å². The monoisotopic (exact) mass is 542 g/mol. The molecule has 2 aliphatic carbocycles. The standard InChI is InChI=1S/C39H58O/c1-3-5-7-9-11-13-32-14-16-33(17-15-32)34-18-20-35(21-19-34)36-22-24-37(25-23-36)38-26-29-39(31-40,30-27-38)28-12-10-8-6-4-2/h18-25,31-33,38H,3-17,26-30H2,1-2H3. The lowest BCUT2D eigenvalue weighted by molar-refractivity contribution is -0.118. The van der Waals surface area contributed by atoms with E-state index in [2.05, 4.69) is 62.4 Å². The molecule has 0 spiro atoms. The van der Waals surface area contributed by atoms with Gasteiger partial charge in [-0.25, -0.2) is 0 Å². The van der Waals surface area contributed by atoms with Gasteiger partial charge in [0, 0.05) is 5.41 Å². The minimum absolute atomic E-state index is 0.0438. The van der Waals surface area contributed by atoms with Gasteiger partial charge in [-0.2, -0.15) is 0 Å². The third kappa shape index (κ3) is 9.06. The summed E-state index contributed by atoms with van der Waals surface area (Å²) in [6.07, 6.45) is 27.4. The van der Waals surface area contributed by atoms with E-state index in [-0.39, 0.29) is 5.41 Å². The van der Waals surface area contributed by atoms with Crippen LogP contribution < -0.4 is 0 Å². The average Bonchev–Trinajstić information content (AvgIpc) is 3.02. The van der Waals surface area contributed by atoms with Gasteiger partial charge in [0.25, 0.3) is 0 Å². The summed E-state index contributed by atoms with van der Waals surface area (Å²) < 4.78 is 0. The molecular weight excluding hydrogens is 484 g/mol. The van der Waals surface area contributed by atoms with Crippen molar-refractivity contribution >= 4 is 6.29 Å². The van der Waals surface area contributed by atoms with Gasteiger partial charge in [0.15, 0.2) is 0 Å². The van der Waals surface area contributed by atoms with Crippen molar-refractivity contribution in [3.63, 3.8) is 0 Å². The first-order valence-corrected chi connectivity index (χ1v) is 17.3. The van der Waals surface area contributed by atoms with Crippen LogP contribution in [0.15, 0.2) is 48.5 Å². The van der Waals surface area contributed by atoms with Gasteiger partial charge < -0.3 is 4.79 Å². The molecule has 2 aromatic carbocycles. The third-order valence-electron chi connectivity index (χ3n) is 10.7. The highest BCUT2D eigenvalue weighted by atomic mass is 16.1. The fourth-order valence-electron chi connectivity index (χ4n) is 7.75. The molecule has 220 valence electrons. The zero-order valence-corrected chi connectivity index (χ0v) is 26.0. The van der Waals surface area contributed by atoms with Crippen LogP contribution in [-0.4, -0.2) is 6.29 Å². The molecule has 0 N–H and O–H groups in total. The van der Waals surface area contributed by atoms with Crippen molar-refractivity contribution in [2.75, 3.05) is 0 Å². The Morgan fingerprint density at radius 3 is 1.57 bits per heavy atom. The van der Waals surface area contributed by atoms with Crippen LogP contribution in [0.25, 0.3) is 11.1 Å². The number of aldehydes is 1. The Kier molecular flexibility index (Phi) is 12.8. The molecule has 0 unspecified atom stereocenters. The molecule has 0 atom stereocenters. The molecule has 1 heteroatoms. The first kappa shape index (κ1) is 31.1. The van der Waals surface area contributed by atoms with E-state index in [0.717, 1.165) is 43.9 Å². The first-order chi connectivity index (χ1) is 19.7. The Balaban J connectivity index is 1.22. The van der Waals surface area contributed by atoms with Crippen LogP contribution in [0.4, 0.5) is 0 Å². The largest absolute Gasteiger partial charge is 0.303 e. The van der Waals surface area contributed by atoms with E-state index in [4.69, 9.17) is 0 Å². The highest BCUT2D eigenvalue weighted by Crippen LogP contribution is 2.45. The summed E-state index contributed by atoms with van der Waals surface area (Å²) in [5, 5.41) is 0. The summed E-state index contributed by atoms with van der Waals surface area (Å²) in [5.74, 6) is 2.34. The fourth-order valence-corrected chi connectivity index (χ4v) is 7.75. The highest BCUT2D eigenvalue weighted by Gasteiger charge is 2.35. The Hall–Kier alpha value is -1.89. The van der Waals surface area contributed by atoms with E-state index in [1.54, 1.807) is 5.56 Å². The topological polar surface area (TPSA) is 17.1 Å². The molecule has 4 rings (SSSR count). The smallest absolute Gasteiger partial charge is 0.126 e. The summed E-state index contributed by atoms with van der Waals surface area (Å²) in [5.41, 5.74) is 5.63. The Morgan fingerprint density at radius 1 is 0.600 bits per heavy atom. The third-order valence-corrected chi connectivity index (χ3v) is 10.7. The minimum Gasteiger partial charge on any atom is -0.303 e. The predicted molar refractivity (Wildman–Crippen MR) is 173 cm³/mol. The molecule has 0 aromatic heterocycles. The Morgan fingerprint density at radius 2 is 1.07 bits per heavy atom. The van der Waals surface area contributed by atoms with E-state index in [0.29, 0.717) is 5.92 Å². The molecule has 0 amide bonds. The molecule has 40 heavy (non-hydrogen) atoms. The van der Waals surface area contributed by atoms with Crippen LogP contribution in [0, 0.1) is 11.3 Å². The maximum absolute atomic E-state index is 12.1. The summed E-state index contributed by atoms with van der Waals surface area (Å²) in [6.45, 7) is 4.57. The average molecular weight is 543 g/mol. The van der Waals surface area contributed by atoms with Gasteiger partial charge >= 0.3 is 0 Å². The van der Waals surface area contributed by atoms with Crippen LogP contribution in [-0.2, 0) is 4.79 Å². The van der Waals surface area contributed by atoms with Crippen LogP contribution in [0.1, 0.15) is 165 Å². The molecule has 2 aromatic rings. The number of unbranched alkanes of at least 4 members (excludes halogenated alkanes) is 8. The quantitative estimate of drug-likeness (QED) is 0.152. The SMILES string of the molecule is CCCCCCCC1CCC(c2ccc(-c3ccc(C4CCC(C=O)(CCCCCCC)CC4)cc3)cc2)CC1. The minimum atomic E-state index is -0.0438. The predicted octanol–water partition coefficient (Wildman–Crippen LogP) is 12.2. The molecule has 0 bridgehead atoms. The second kappa shape index (κ2) is 16.5. The van der Waals surface area contributed by atoms with Crippen molar-refractivity contribution < 1.29 is 4.79 Å². The van der Waals surface area contributed by atoms with Crippen LogP contribution in [0.2, 0.25) is 0 Å². The van der Waals surface area contributed by atoms with Crippen LogP contribution in [0.3, 0.4) is 0 Å². The lowest BCUT2D eigenvalue weighted by Gasteiger charge is -2.36. The van der Waals surface area contributed by atoms with Gasteiger partial charge in [-0.05, 0) is 97.8 Å². The first-order valence-electron chi connectivity index (χ1n) is 17.3. The highest BCUT2D eigenvalue weighted by molar-refractivity contribution is 5.64. The second-order valence-corrected chi connectivity index (χ2v) is 13.6. The molecule has 0 aliphatic heterocycles. The molecule has 0 saturated heterocycles. The van der Waals surface area contributed by atoms with Crippen molar-refractivity contribution in [2.24, 2.45) is 11.3 Å². The molecule has 1 nitrogen and oxygen atoms in total. The van der Waals surface area contributed by atoms with E-state index in [9.17, 15) is 4.79 Å². The van der Waals surface area contributed by atoms with E-state index < -0.39 is 0 Å². The number of carbonyl (C=O) groups is 1. The van der Waals surface area contributed by atoms with Gasteiger partial charge in [-0.1, -0.05) is 133 Å². The maximum atomic E-state index is 12.1. The van der Waals surface area contributed by atoms with Crippen molar-refractivity contribution in [2.45, 2.75) is 154 Å². The lowest BCUT2D eigenvalue weighted by atomic mass is 9.67. The molecule has 0 radical (unpaired) electrons. The molecule has 2 fully saturated rings. The zero-order chi connectivity index (χ0) is 28.0. The molecule has 2 saturated carbocycles. The van der Waals surface area contributed by atoms with Crippen LogP contribution >= 0.6 is 0 Å². The number of hydrogen-bond donors (Lipinski definition) is 0. The number of hydrogen-bond acceptors (Lipinski definition) is 1. The van der Waals surface area contributed by atoms with Crippen molar-refractivity contribution in [1.82, 2.24) is 0 Å². The van der Waals surface area contributed by atoms with Gasteiger partial charge in [0.2, 0.25) is 0 Å². The zero-order valence-electron chi connectivity index (χ0n) is 26.0. The van der Waals surface area contributed by atoms with Crippen LogP contribution in [0.5, 0.6) is 0 Å². The summed E-state index contributed by atoms with van der Waals surface area (Å²) in [7, 11) is 0. The number of rotatable bonds is 16. The van der Waals surface area contributed by atoms with Crippen molar-refractivity contribution in [3.05, 3.63) is 59.7 Å². The number of carbonyl (C=O) groups excluding carboxylic acids is 1. The number of benzene rings is 2. The van der Waals surface area contributed by atoms with Gasteiger partial charge in [-0.3, -0.25) is 0 Å². The van der Waals surface area contributed by atoms with E-state index in [1.807, 2.05) is 0 Å². The van der Waals surface area contributed by atoms with Crippen molar-refractivity contribution in [3.8, 4) is 11.1 Å².